The first-order valence-electron chi connectivity index (χ1n) is 11.4. The van der Waals surface area contributed by atoms with E-state index in [-0.39, 0.29) is 11.8 Å². The van der Waals surface area contributed by atoms with Crippen molar-refractivity contribution < 1.29 is 27.1 Å². The molecule has 9 nitrogen and oxygen atoms in total. The molecule has 0 aliphatic heterocycles. The van der Waals surface area contributed by atoms with Gasteiger partial charge in [-0.3, -0.25) is 19.6 Å². The van der Waals surface area contributed by atoms with E-state index in [1.54, 1.807) is 53.7 Å². The zero-order chi connectivity index (χ0) is 25.1. The monoisotopic (exact) mass is 500 g/mol. The number of pyridine rings is 1. The van der Waals surface area contributed by atoms with Gasteiger partial charge in [0.25, 0.3) is 5.91 Å². The Morgan fingerprint density at radius 1 is 1.19 bits per heavy atom. The van der Waals surface area contributed by atoms with Crippen LogP contribution in [-0.4, -0.2) is 49.8 Å². The number of nitrogens with one attached hydrogen (secondary N) is 2. The van der Waals surface area contributed by atoms with Gasteiger partial charge in [0, 0.05) is 18.6 Å². The molecule has 1 saturated carbocycles. The van der Waals surface area contributed by atoms with Crippen LogP contribution in [0.25, 0.3) is 22.7 Å². The molecular formula is C24H23F3N6O3. The van der Waals surface area contributed by atoms with Crippen LogP contribution in [0.15, 0.2) is 59.5 Å². The molecule has 0 saturated heterocycles. The number of aromatic amines is 1. The second kappa shape index (κ2) is 9.97. The summed E-state index contributed by atoms with van der Waals surface area (Å²) in [6.45, 7) is -1.24. The quantitative estimate of drug-likeness (QED) is 0.359. The van der Waals surface area contributed by atoms with Crippen LogP contribution in [0.4, 0.5) is 18.9 Å². The number of halogens is 3. The first-order chi connectivity index (χ1) is 17.4. The van der Waals surface area contributed by atoms with Crippen LogP contribution in [-0.2, 0) is 4.74 Å². The Morgan fingerprint density at radius 2 is 2.03 bits per heavy atom. The molecule has 4 heterocycles. The third-order valence-corrected chi connectivity index (χ3v) is 6.00. The van der Waals surface area contributed by atoms with Crippen molar-refractivity contribution >= 4 is 11.6 Å². The van der Waals surface area contributed by atoms with Crippen molar-refractivity contribution in [1.29, 1.82) is 0 Å². The number of ether oxygens (including phenoxy) is 1. The summed E-state index contributed by atoms with van der Waals surface area (Å²) in [6, 6.07) is 8.60. The highest BCUT2D eigenvalue weighted by Crippen LogP contribution is 2.34. The number of hydrogen-bond donors (Lipinski definition) is 2. The van der Waals surface area contributed by atoms with Crippen LogP contribution in [0.2, 0.25) is 0 Å². The molecule has 1 fully saturated rings. The molecule has 0 atom stereocenters. The average molecular weight is 500 g/mol. The lowest BCUT2D eigenvalue weighted by molar-refractivity contribution is -0.188. The van der Waals surface area contributed by atoms with E-state index in [2.05, 4.69) is 25.6 Å². The lowest BCUT2D eigenvalue weighted by atomic mass is 9.93. The van der Waals surface area contributed by atoms with Crippen LogP contribution >= 0.6 is 0 Å². The number of carbonyl (C=O) groups excluding carboxylic acids is 1. The molecule has 0 radical (unpaired) electrons. The molecule has 1 amide bonds. The number of nitrogens with zero attached hydrogens (tertiary/aromatic N) is 4. The van der Waals surface area contributed by atoms with E-state index in [0.29, 0.717) is 54.1 Å². The minimum absolute atomic E-state index is 0.0415. The van der Waals surface area contributed by atoms with Gasteiger partial charge in [0.15, 0.2) is 5.76 Å². The van der Waals surface area contributed by atoms with Gasteiger partial charge in [0.1, 0.15) is 18.1 Å². The predicted octanol–water partition coefficient (Wildman–Crippen LogP) is 5.24. The van der Waals surface area contributed by atoms with E-state index in [0.717, 1.165) is 0 Å². The van der Waals surface area contributed by atoms with Crippen molar-refractivity contribution in [2.75, 3.05) is 11.9 Å². The number of anilines is 1. The largest absolute Gasteiger partial charge is 0.451 e. The average Bonchev–Trinajstić information content (AvgIpc) is 3.64. The molecular weight excluding hydrogens is 477 g/mol. The van der Waals surface area contributed by atoms with Crippen molar-refractivity contribution in [1.82, 2.24) is 25.0 Å². The normalized spacial score (nSPS) is 18.3. The molecule has 36 heavy (non-hydrogen) atoms. The summed E-state index contributed by atoms with van der Waals surface area (Å²) in [5.41, 5.74) is 2.23. The van der Waals surface area contributed by atoms with Gasteiger partial charge < -0.3 is 14.5 Å². The maximum Gasteiger partial charge on any atom is 0.411 e. The summed E-state index contributed by atoms with van der Waals surface area (Å²) in [5.74, 6) is 0.165. The zero-order valence-corrected chi connectivity index (χ0v) is 19.0. The van der Waals surface area contributed by atoms with E-state index in [1.165, 1.54) is 0 Å². The van der Waals surface area contributed by atoms with Crippen molar-refractivity contribution in [3.05, 3.63) is 60.9 Å². The van der Waals surface area contributed by atoms with E-state index in [9.17, 15) is 18.0 Å². The number of carbonyl (C=O) groups is 1. The topological polar surface area (TPSA) is 111 Å². The molecule has 0 spiro atoms. The highest BCUT2D eigenvalue weighted by atomic mass is 19.4. The van der Waals surface area contributed by atoms with Crippen LogP contribution in [0, 0.1) is 0 Å². The fourth-order valence-electron chi connectivity index (χ4n) is 4.24. The molecule has 2 N–H and O–H groups in total. The van der Waals surface area contributed by atoms with Crippen molar-refractivity contribution in [2.24, 2.45) is 0 Å². The molecule has 5 rings (SSSR count). The van der Waals surface area contributed by atoms with Gasteiger partial charge in [-0.15, -0.1) is 0 Å². The van der Waals surface area contributed by atoms with E-state index in [1.807, 2.05) is 6.07 Å². The number of amides is 1. The van der Waals surface area contributed by atoms with Crippen molar-refractivity contribution in [3.8, 4) is 22.7 Å². The Morgan fingerprint density at radius 3 is 2.72 bits per heavy atom. The fourth-order valence-corrected chi connectivity index (χ4v) is 4.24. The SMILES string of the molecule is O=C(Nc1cn(C2CCC(OCC(F)(F)F)CC2)nc1-c1ccccn1)c1ccc(-c2cn[nH]c2)o1. The van der Waals surface area contributed by atoms with Gasteiger partial charge in [-0.25, -0.2) is 0 Å². The summed E-state index contributed by atoms with van der Waals surface area (Å²) >= 11 is 0. The maximum atomic E-state index is 13.0. The van der Waals surface area contributed by atoms with E-state index in [4.69, 9.17) is 9.15 Å². The Labute approximate surface area is 203 Å². The molecule has 4 aromatic heterocycles. The molecule has 0 aromatic carbocycles. The molecule has 188 valence electrons. The molecule has 0 unspecified atom stereocenters. The van der Waals surface area contributed by atoms with E-state index < -0.39 is 24.8 Å². The second-order valence-corrected chi connectivity index (χ2v) is 8.55. The molecule has 0 bridgehead atoms. The highest BCUT2D eigenvalue weighted by Gasteiger charge is 2.31. The smallest absolute Gasteiger partial charge is 0.411 e. The van der Waals surface area contributed by atoms with Gasteiger partial charge in [0.2, 0.25) is 0 Å². The number of H-pyrrole nitrogens is 1. The lowest BCUT2D eigenvalue weighted by Crippen LogP contribution is -2.28. The van der Waals surface area contributed by atoms with Gasteiger partial charge >= 0.3 is 6.18 Å². The van der Waals surface area contributed by atoms with Crippen LogP contribution in [0.1, 0.15) is 42.3 Å². The molecule has 1 aliphatic rings. The standard InChI is InChI=1S/C24H23F3N6O3/c25-24(26,27)14-35-17-6-4-16(5-7-17)33-13-19(22(32-33)18-3-1-2-10-28-18)31-23(34)21-9-8-20(36-21)15-11-29-30-12-15/h1-3,8-13,16-17H,4-7,14H2,(H,29,30)(H,31,34). The Balaban J connectivity index is 1.32. The Bertz CT molecular complexity index is 1290. The summed E-state index contributed by atoms with van der Waals surface area (Å²) in [5, 5.41) is 14.1. The zero-order valence-electron chi connectivity index (χ0n) is 19.0. The number of hydrogen-bond acceptors (Lipinski definition) is 6. The number of furan rings is 1. The highest BCUT2D eigenvalue weighted by molar-refractivity contribution is 6.04. The summed E-state index contributed by atoms with van der Waals surface area (Å²) in [7, 11) is 0. The Hall–Kier alpha value is -3.93. The summed E-state index contributed by atoms with van der Waals surface area (Å²) in [6.07, 6.45) is 4.02. The minimum atomic E-state index is -4.34. The third-order valence-electron chi connectivity index (χ3n) is 6.00. The molecule has 12 heteroatoms. The van der Waals surface area contributed by atoms with Crippen molar-refractivity contribution in [3.63, 3.8) is 0 Å². The predicted molar refractivity (Wildman–Crippen MR) is 123 cm³/mol. The second-order valence-electron chi connectivity index (χ2n) is 8.55. The van der Waals surface area contributed by atoms with Gasteiger partial charge in [-0.05, 0) is 49.9 Å². The lowest BCUT2D eigenvalue weighted by Gasteiger charge is -2.29. The van der Waals surface area contributed by atoms with Gasteiger partial charge in [-0.2, -0.15) is 23.4 Å². The number of rotatable bonds is 7. The number of aromatic nitrogens is 5. The van der Waals surface area contributed by atoms with Gasteiger partial charge in [0.05, 0.1) is 35.3 Å². The van der Waals surface area contributed by atoms with Gasteiger partial charge in [-0.1, -0.05) is 6.07 Å². The van der Waals surface area contributed by atoms with Crippen LogP contribution in [0.5, 0.6) is 0 Å². The molecule has 1 aliphatic carbocycles. The maximum absolute atomic E-state index is 13.0. The van der Waals surface area contributed by atoms with Crippen LogP contribution in [0.3, 0.4) is 0 Å². The number of alkyl halides is 3. The third kappa shape index (κ3) is 5.48. The fraction of sp³-hybridized carbons (Fsp3) is 0.333. The minimum Gasteiger partial charge on any atom is -0.451 e. The van der Waals surface area contributed by atoms with Crippen molar-refractivity contribution in [2.45, 2.75) is 44.0 Å². The molecule has 4 aromatic rings. The summed E-state index contributed by atoms with van der Waals surface area (Å²) in [4.78, 5) is 17.3. The first-order valence-corrected chi connectivity index (χ1v) is 11.4. The first kappa shape index (κ1) is 23.8. The summed E-state index contributed by atoms with van der Waals surface area (Å²) < 4.78 is 49.9. The van der Waals surface area contributed by atoms with E-state index >= 15 is 0 Å². The Kier molecular flexibility index (Phi) is 6.59. The van der Waals surface area contributed by atoms with Crippen LogP contribution < -0.4 is 5.32 Å².